The van der Waals surface area contributed by atoms with Crippen LogP contribution in [0.15, 0.2) is 48.6 Å². The number of carbonyl (C=O) groups excluding carboxylic acids is 1. The van der Waals surface area contributed by atoms with Crippen molar-refractivity contribution in [3.05, 3.63) is 48.6 Å². The zero-order valence-corrected chi connectivity index (χ0v) is 40.1. The monoisotopic (exact) mass is 866 g/mol. The van der Waals surface area contributed by atoms with Crippen molar-refractivity contribution in [2.75, 3.05) is 33.0 Å². The molecule has 0 aromatic rings. The van der Waals surface area contributed by atoms with Gasteiger partial charge in [0.05, 0.1) is 19.8 Å². The smallest absolute Gasteiger partial charge is 0.457 e. The van der Waals surface area contributed by atoms with Crippen molar-refractivity contribution >= 4 is 13.8 Å². The molecule has 0 aliphatic carbocycles. The minimum Gasteiger partial charge on any atom is -0.457 e. The molecule has 0 rings (SSSR count). The van der Waals surface area contributed by atoms with Crippen molar-refractivity contribution in [1.82, 2.24) is 0 Å². The molecule has 0 aliphatic rings. The molecule has 3 N–H and O–H groups in total. The fourth-order valence-electron chi connectivity index (χ4n) is 7.00. The summed E-state index contributed by atoms with van der Waals surface area (Å²) in [5.41, 5.74) is 5.39. The number of nitrogens with two attached hydrogens (primary N) is 1. The average Bonchev–Trinajstić information content (AvgIpc) is 3.24. The van der Waals surface area contributed by atoms with Crippen LogP contribution in [0.5, 0.6) is 0 Å². The number of unbranched alkanes of at least 4 members (excludes halogenated alkanes) is 27. The van der Waals surface area contributed by atoms with Crippen molar-refractivity contribution in [2.24, 2.45) is 5.73 Å². The van der Waals surface area contributed by atoms with Crippen LogP contribution < -0.4 is 5.73 Å². The number of hydrogen-bond acceptors (Lipinski definition) is 7. The molecule has 0 saturated carbocycles. The Bertz CT molecular complexity index is 1060. The summed E-state index contributed by atoms with van der Waals surface area (Å²) in [6, 6.07) is 0. The van der Waals surface area contributed by atoms with E-state index in [1.54, 1.807) is 0 Å². The normalized spacial score (nSPS) is 13.7. The Morgan fingerprint density at radius 1 is 0.500 bits per heavy atom. The lowest BCUT2D eigenvalue weighted by atomic mass is 10.1. The van der Waals surface area contributed by atoms with Gasteiger partial charge >= 0.3 is 13.8 Å². The van der Waals surface area contributed by atoms with Crippen molar-refractivity contribution in [3.8, 4) is 0 Å². The molecule has 0 aromatic carbocycles. The van der Waals surface area contributed by atoms with Gasteiger partial charge in [-0.2, -0.15) is 0 Å². The molecule has 9 heteroatoms. The summed E-state index contributed by atoms with van der Waals surface area (Å²) in [4.78, 5) is 22.6. The Morgan fingerprint density at radius 3 is 1.33 bits per heavy atom. The van der Waals surface area contributed by atoms with Gasteiger partial charge in [0.1, 0.15) is 6.10 Å². The lowest BCUT2D eigenvalue weighted by Crippen LogP contribution is -2.28. The molecule has 0 saturated heterocycles. The first kappa shape index (κ1) is 58.5. The van der Waals surface area contributed by atoms with Crippen LogP contribution in [0.1, 0.15) is 232 Å². The highest BCUT2D eigenvalue weighted by Gasteiger charge is 2.25. The van der Waals surface area contributed by atoms with Gasteiger partial charge in [-0.05, 0) is 77.0 Å². The van der Waals surface area contributed by atoms with Crippen molar-refractivity contribution in [3.63, 3.8) is 0 Å². The summed E-state index contributed by atoms with van der Waals surface area (Å²) < 4.78 is 33.6. The first-order valence-electron chi connectivity index (χ1n) is 25.1. The van der Waals surface area contributed by atoms with Crippen LogP contribution in [0, 0.1) is 0 Å². The quantitative estimate of drug-likeness (QED) is 0.0269. The van der Waals surface area contributed by atoms with Gasteiger partial charge in [-0.1, -0.05) is 197 Å². The number of esters is 1. The number of allylic oxidation sites excluding steroid dienone is 8. The van der Waals surface area contributed by atoms with Gasteiger partial charge in [-0.3, -0.25) is 13.8 Å². The molecule has 0 heterocycles. The van der Waals surface area contributed by atoms with Gasteiger partial charge in [0, 0.05) is 19.6 Å². The van der Waals surface area contributed by atoms with Gasteiger partial charge < -0.3 is 20.1 Å². The minimum absolute atomic E-state index is 0.0977. The lowest BCUT2D eigenvalue weighted by molar-refractivity contribution is -0.154. The molecule has 352 valence electrons. The standard InChI is InChI=1S/C51H96NO7P/c1-3-5-7-9-11-13-15-17-19-21-23-24-25-27-29-31-33-35-37-39-41-43-46-56-48-50(49-58-60(54,55)57-47-45-52)59-51(53)44-42-40-38-36-34-32-30-28-26-22-20-18-16-14-12-10-8-6-4-2/h12,14-15,17-18,20-21,23,50H,3-11,13,16,19,22,24-49,52H2,1-2H3,(H,54,55)/b14-12-,17-15-,20-18-,23-21-. The van der Waals surface area contributed by atoms with E-state index in [2.05, 4.69) is 62.5 Å². The highest BCUT2D eigenvalue weighted by Crippen LogP contribution is 2.43. The summed E-state index contributed by atoms with van der Waals surface area (Å²) in [5, 5.41) is 0. The summed E-state index contributed by atoms with van der Waals surface area (Å²) in [6.45, 7) is 4.90. The highest BCUT2D eigenvalue weighted by molar-refractivity contribution is 7.47. The molecule has 8 nitrogen and oxygen atoms in total. The fraction of sp³-hybridized carbons (Fsp3) is 0.824. The fourth-order valence-corrected chi connectivity index (χ4v) is 7.76. The van der Waals surface area contributed by atoms with Crippen molar-refractivity contribution < 1.29 is 32.8 Å². The maximum atomic E-state index is 12.6. The van der Waals surface area contributed by atoms with E-state index in [0.717, 1.165) is 44.9 Å². The summed E-state index contributed by atoms with van der Waals surface area (Å²) in [6.07, 6.45) is 58.5. The zero-order valence-electron chi connectivity index (χ0n) is 39.2. The van der Waals surface area contributed by atoms with Gasteiger partial charge in [0.2, 0.25) is 0 Å². The molecule has 0 amide bonds. The number of phosphoric ester groups is 1. The second-order valence-corrected chi connectivity index (χ2v) is 18.1. The summed E-state index contributed by atoms with van der Waals surface area (Å²) >= 11 is 0. The van der Waals surface area contributed by atoms with Gasteiger partial charge in [-0.15, -0.1) is 0 Å². The largest absolute Gasteiger partial charge is 0.472 e. The predicted molar refractivity (Wildman–Crippen MR) is 256 cm³/mol. The molecule has 60 heavy (non-hydrogen) atoms. The number of ether oxygens (including phenoxy) is 2. The molecule has 2 atom stereocenters. The van der Waals surface area contributed by atoms with E-state index in [1.807, 2.05) is 0 Å². The molecule has 0 aromatic heterocycles. The highest BCUT2D eigenvalue weighted by atomic mass is 31.2. The summed E-state index contributed by atoms with van der Waals surface area (Å²) in [5.74, 6) is -0.335. The second-order valence-electron chi connectivity index (χ2n) is 16.7. The topological polar surface area (TPSA) is 117 Å². The van der Waals surface area contributed by atoms with Crippen LogP contribution in [0.3, 0.4) is 0 Å². The van der Waals surface area contributed by atoms with E-state index in [-0.39, 0.29) is 32.3 Å². The molecule has 0 radical (unpaired) electrons. The number of rotatable bonds is 48. The van der Waals surface area contributed by atoms with E-state index >= 15 is 0 Å². The second kappa shape index (κ2) is 48.5. The zero-order chi connectivity index (χ0) is 43.7. The van der Waals surface area contributed by atoms with Gasteiger partial charge in [0.15, 0.2) is 0 Å². The van der Waals surface area contributed by atoms with Gasteiger partial charge in [0.25, 0.3) is 0 Å². The minimum atomic E-state index is -4.28. The third-order valence-electron chi connectivity index (χ3n) is 10.7. The van der Waals surface area contributed by atoms with Crippen LogP contribution >= 0.6 is 7.82 Å². The Hall–Kier alpha value is -1.54. The van der Waals surface area contributed by atoms with Crippen molar-refractivity contribution in [2.45, 2.75) is 238 Å². The lowest BCUT2D eigenvalue weighted by Gasteiger charge is -2.20. The molecule has 0 fully saturated rings. The molecular weight excluding hydrogens is 770 g/mol. The van der Waals surface area contributed by atoms with E-state index in [0.29, 0.717) is 13.0 Å². The van der Waals surface area contributed by atoms with E-state index < -0.39 is 13.9 Å². The maximum absolute atomic E-state index is 12.6. The first-order valence-corrected chi connectivity index (χ1v) is 26.6. The van der Waals surface area contributed by atoms with Crippen LogP contribution in [0.25, 0.3) is 0 Å². The molecule has 0 aliphatic heterocycles. The van der Waals surface area contributed by atoms with Crippen LogP contribution in [0.4, 0.5) is 0 Å². The third-order valence-corrected chi connectivity index (χ3v) is 11.7. The van der Waals surface area contributed by atoms with Gasteiger partial charge in [-0.25, -0.2) is 4.57 Å². The maximum Gasteiger partial charge on any atom is 0.472 e. The van der Waals surface area contributed by atoms with Crippen molar-refractivity contribution in [1.29, 1.82) is 0 Å². The Kier molecular flexibility index (Phi) is 47.2. The third kappa shape index (κ3) is 47.5. The summed E-state index contributed by atoms with van der Waals surface area (Å²) in [7, 11) is -4.28. The Balaban J connectivity index is 3.96. The average molecular weight is 866 g/mol. The number of carbonyl (C=O) groups is 1. The van der Waals surface area contributed by atoms with E-state index in [4.69, 9.17) is 24.3 Å². The molecule has 0 spiro atoms. The predicted octanol–water partition coefficient (Wildman–Crippen LogP) is 15.5. The number of phosphoric acid groups is 1. The Morgan fingerprint density at radius 2 is 0.883 bits per heavy atom. The van der Waals surface area contributed by atoms with Crippen LogP contribution in [0.2, 0.25) is 0 Å². The van der Waals surface area contributed by atoms with Crippen LogP contribution in [-0.2, 0) is 27.9 Å². The van der Waals surface area contributed by atoms with Crippen LogP contribution in [-0.4, -0.2) is 49.9 Å². The number of hydrogen-bond donors (Lipinski definition) is 2. The van der Waals surface area contributed by atoms with E-state index in [1.165, 1.54) is 167 Å². The SMILES string of the molecule is CCCCC/C=C\C/C=C\CCCCCCCCCCCC(=O)OC(COCCCCCCCCCCCC/C=C\C/C=C\CCCCCCC)COP(=O)(O)OCCN. The molecular formula is C51H96NO7P. The molecule has 0 bridgehead atoms. The van der Waals surface area contributed by atoms with E-state index in [9.17, 15) is 14.3 Å². The molecule has 2 unspecified atom stereocenters. The Labute approximate surface area is 371 Å². The first-order chi connectivity index (χ1) is 29.4.